The summed E-state index contributed by atoms with van der Waals surface area (Å²) in [5, 5.41) is 1.82. The summed E-state index contributed by atoms with van der Waals surface area (Å²) in [6.45, 7) is 1.45. The molecular weight excluding hydrogens is 280 g/mol. The molecule has 0 fully saturated rings. The SMILES string of the molecule is C=S(=O)(c1cccs1)C(Cl)C(CC(C)=O)OC. The van der Waals surface area contributed by atoms with E-state index in [0.29, 0.717) is 4.21 Å². The Morgan fingerprint density at radius 2 is 2.35 bits per heavy atom. The zero-order valence-corrected chi connectivity index (χ0v) is 12.1. The quantitative estimate of drug-likeness (QED) is 0.598. The zero-order chi connectivity index (χ0) is 13.1. The first-order valence-corrected chi connectivity index (χ1v) is 8.06. The Bertz CT molecular complexity index is 465. The first-order chi connectivity index (χ1) is 7.89. The fourth-order valence-electron chi connectivity index (χ4n) is 1.38. The molecule has 96 valence electrons. The number of ketones is 1. The molecule has 3 atom stereocenters. The van der Waals surface area contributed by atoms with Crippen LogP contribution in [0, 0.1) is 0 Å². The molecule has 1 rings (SSSR count). The summed E-state index contributed by atoms with van der Waals surface area (Å²) in [6, 6.07) is 3.52. The molecule has 6 heteroatoms. The molecule has 0 saturated carbocycles. The Morgan fingerprint density at radius 3 is 2.76 bits per heavy atom. The van der Waals surface area contributed by atoms with Crippen LogP contribution in [0.25, 0.3) is 0 Å². The minimum absolute atomic E-state index is 0.0520. The van der Waals surface area contributed by atoms with Gasteiger partial charge in [0.1, 0.15) is 10.5 Å². The van der Waals surface area contributed by atoms with Crippen molar-refractivity contribution in [2.24, 2.45) is 0 Å². The number of hydrogen-bond acceptors (Lipinski definition) is 4. The number of carbonyl (C=O) groups excluding carboxylic acids is 1. The van der Waals surface area contributed by atoms with Gasteiger partial charge < -0.3 is 4.74 Å². The summed E-state index contributed by atoms with van der Waals surface area (Å²) < 4.78 is 17.5. The van der Waals surface area contributed by atoms with Crippen LogP contribution in [0.2, 0.25) is 0 Å². The van der Waals surface area contributed by atoms with Crippen molar-refractivity contribution in [2.75, 3.05) is 7.11 Å². The smallest absolute Gasteiger partial charge is 0.133 e. The molecule has 17 heavy (non-hydrogen) atoms. The van der Waals surface area contributed by atoms with Gasteiger partial charge >= 0.3 is 0 Å². The van der Waals surface area contributed by atoms with Crippen LogP contribution in [0.15, 0.2) is 21.7 Å². The number of rotatable bonds is 6. The molecule has 0 aliphatic rings. The summed E-state index contributed by atoms with van der Waals surface area (Å²) in [7, 11) is -1.19. The Morgan fingerprint density at radius 1 is 1.71 bits per heavy atom. The second-order valence-corrected chi connectivity index (χ2v) is 8.03. The molecule has 0 saturated heterocycles. The minimum atomic E-state index is -2.65. The monoisotopic (exact) mass is 294 g/mol. The Balaban J connectivity index is 2.95. The van der Waals surface area contributed by atoms with E-state index in [9.17, 15) is 9.00 Å². The predicted molar refractivity (Wildman–Crippen MR) is 73.6 cm³/mol. The summed E-state index contributed by atoms with van der Waals surface area (Å²) in [5.41, 5.74) is 0. The van der Waals surface area contributed by atoms with Crippen LogP contribution >= 0.6 is 22.9 Å². The molecule has 0 aliphatic heterocycles. The van der Waals surface area contributed by atoms with Crippen LogP contribution in [0.3, 0.4) is 0 Å². The van der Waals surface area contributed by atoms with E-state index in [2.05, 4.69) is 5.87 Å². The molecule has 0 aromatic carbocycles. The molecule has 0 radical (unpaired) electrons. The van der Waals surface area contributed by atoms with E-state index in [1.54, 1.807) is 12.1 Å². The van der Waals surface area contributed by atoms with Gasteiger partial charge in [-0.2, -0.15) is 0 Å². The van der Waals surface area contributed by atoms with Crippen molar-refractivity contribution in [2.45, 2.75) is 28.4 Å². The maximum atomic E-state index is 12.5. The maximum absolute atomic E-state index is 12.5. The van der Waals surface area contributed by atoms with Crippen molar-refractivity contribution in [3.8, 4) is 0 Å². The van der Waals surface area contributed by atoms with E-state index >= 15 is 0 Å². The number of carbonyl (C=O) groups is 1. The second kappa shape index (κ2) is 6.00. The van der Waals surface area contributed by atoms with E-state index in [1.807, 2.05) is 5.38 Å². The average molecular weight is 295 g/mol. The number of methoxy groups -OCH3 is 1. The molecule has 0 spiro atoms. The summed E-state index contributed by atoms with van der Waals surface area (Å²) in [5.74, 6) is 3.65. The number of thiophene rings is 1. The standard InChI is InChI=1S/C11H15ClO3S2/c1-8(13)7-9(15-2)11(12)17(3,14)10-5-4-6-16-10/h4-6,9,11H,3,7H2,1-2H3. The van der Waals surface area contributed by atoms with Gasteiger partial charge in [-0.25, -0.2) is 0 Å². The van der Waals surface area contributed by atoms with Crippen LogP contribution in [-0.2, 0) is 19.1 Å². The largest absolute Gasteiger partial charge is 0.378 e. The molecule has 3 nitrogen and oxygen atoms in total. The number of hydrogen-bond donors (Lipinski definition) is 0. The van der Waals surface area contributed by atoms with Gasteiger partial charge in [0, 0.05) is 23.1 Å². The van der Waals surface area contributed by atoms with Gasteiger partial charge in [0.15, 0.2) is 0 Å². The van der Waals surface area contributed by atoms with Crippen molar-refractivity contribution in [3.05, 3.63) is 17.5 Å². The van der Waals surface area contributed by atoms with Crippen LogP contribution in [0.5, 0.6) is 0 Å². The second-order valence-electron chi connectivity index (χ2n) is 3.69. The Labute approximate surface area is 111 Å². The van der Waals surface area contributed by atoms with Crippen LogP contribution in [-0.4, -0.2) is 33.8 Å². The molecular formula is C11H15ClO3S2. The van der Waals surface area contributed by atoms with E-state index in [0.717, 1.165) is 0 Å². The fourth-order valence-corrected chi connectivity index (χ4v) is 4.83. The molecule has 0 bridgehead atoms. The minimum Gasteiger partial charge on any atom is -0.378 e. The number of Topliss-reactive ketones (excluding diaryl/α,β-unsaturated/α-hetero) is 1. The average Bonchev–Trinajstić information content (AvgIpc) is 2.78. The third kappa shape index (κ3) is 3.55. The van der Waals surface area contributed by atoms with Gasteiger partial charge in [-0.15, -0.1) is 22.9 Å². The van der Waals surface area contributed by atoms with Crippen molar-refractivity contribution in [1.82, 2.24) is 0 Å². The van der Waals surface area contributed by atoms with Gasteiger partial charge in [0.05, 0.1) is 10.3 Å². The van der Waals surface area contributed by atoms with Crippen LogP contribution in [0.4, 0.5) is 0 Å². The number of ether oxygens (including phenoxy) is 1. The topological polar surface area (TPSA) is 43.4 Å². The summed E-state index contributed by atoms with van der Waals surface area (Å²) >= 11 is 7.51. The molecule has 1 aromatic rings. The van der Waals surface area contributed by atoms with E-state index < -0.39 is 20.3 Å². The zero-order valence-electron chi connectivity index (χ0n) is 9.72. The molecule has 0 amide bonds. The van der Waals surface area contributed by atoms with E-state index in [1.165, 1.54) is 25.4 Å². The van der Waals surface area contributed by atoms with Crippen molar-refractivity contribution >= 4 is 44.1 Å². The van der Waals surface area contributed by atoms with Crippen molar-refractivity contribution < 1.29 is 13.7 Å². The molecule has 3 unspecified atom stereocenters. The first kappa shape index (κ1) is 14.7. The lowest BCUT2D eigenvalue weighted by Crippen LogP contribution is -2.32. The number of halogens is 1. The van der Waals surface area contributed by atoms with Gasteiger partial charge in [-0.1, -0.05) is 6.07 Å². The lowest BCUT2D eigenvalue weighted by molar-refractivity contribution is -0.119. The van der Waals surface area contributed by atoms with Gasteiger partial charge in [0.25, 0.3) is 0 Å². The fraction of sp³-hybridized carbons (Fsp3) is 0.455. The van der Waals surface area contributed by atoms with Crippen molar-refractivity contribution in [1.29, 1.82) is 0 Å². The predicted octanol–water partition coefficient (Wildman–Crippen LogP) is 2.38. The summed E-state index contributed by atoms with van der Waals surface area (Å²) in [4.78, 5) is 11.1. The third-order valence-corrected chi connectivity index (χ3v) is 7.07. The lowest BCUT2D eigenvalue weighted by Gasteiger charge is -2.22. The highest BCUT2D eigenvalue weighted by atomic mass is 35.5. The van der Waals surface area contributed by atoms with Gasteiger partial charge in [0.2, 0.25) is 0 Å². The molecule has 0 N–H and O–H groups in total. The highest BCUT2D eigenvalue weighted by Gasteiger charge is 2.29. The van der Waals surface area contributed by atoms with Crippen LogP contribution in [0.1, 0.15) is 13.3 Å². The normalized spacial score (nSPS) is 18.3. The van der Waals surface area contributed by atoms with Crippen molar-refractivity contribution in [3.63, 3.8) is 0 Å². The molecule has 0 aliphatic carbocycles. The number of alkyl halides is 1. The summed E-state index contributed by atoms with van der Waals surface area (Å²) in [6.07, 6.45) is -0.441. The first-order valence-electron chi connectivity index (χ1n) is 4.95. The maximum Gasteiger partial charge on any atom is 0.133 e. The highest BCUT2D eigenvalue weighted by molar-refractivity contribution is 8.03. The third-order valence-electron chi connectivity index (χ3n) is 2.28. The van der Waals surface area contributed by atoms with Gasteiger partial charge in [-0.3, -0.25) is 9.00 Å². The lowest BCUT2D eigenvalue weighted by atomic mass is 10.2. The molecule has 1 heterocycles. The Hall–Kier alpha value is -0.360. The highest BCUT2D eigenvalue weighted by Crippen LogP contribution is 2.27. The van der Waals surface area contributed by atoms with E-state index in [-0.39, 0.29) is 12.2 Å². The van der Waals surface area contributed by atoms with E-state index in [4.69, 9.17) is 16.3 Å². The van der Waals surface area contributed by atoms with Crippen LogP contribution < -0.4 is 0 Å². The Kier molecular flexibility index (Phi) is 5.19. The van der Waals surface area contributed by atoms with Gasteiger partial charge in [-0.05, 0) is 24.2 Å². The molecule has 1 aromatic heterocycles.